The molecule has 4 rings (SSSR count). The van der Waals surface area contributed by atoms with Crippen LogP contribution in [0.25, 0.3) is 16.5 Å². The number of rotatable bonds is 2. The first-order valence-electron chi connectivity index (χ1n) is 8.92. The van der Waals surface area contributed by atoms with E-state index in [1.165, 1.54) is 16.8 Å². The van der Waals surface area contributed by atoms with Gasteiger partial charge in [-0.3, -0.25) is 4.79 Å². The van der Waals surface area contributed by atoms with Crippen molar-refractivity contribution in [1.82, 2.24) is 9.78 Å². The van der Waals surface area contributed by atoms with Gasteiger partial charge in [-0.2, -0.15) is 4.68 Å². The molecule has 0 bridgehead atoms. The van der Waals surface area contributed by atoms with Crippen LogP contribution in [0.4, 0.5) is 10.2 Å². The summed E-state index contributed by atoms with van der Waals surface area (Å²) >= 11 is 0. The number of fused-ring (bicyclic) bond motifs is 1. The molecule has 0 amide bonds. The first-order chi connectivity index (χ1) is 12.6. The van der Waals surface area contributed by atoms with Crippen molar-refractivity contribution in [2.75, 3.05) is 18.0 Å². The molecule has 1 fully saturated rings. The highest BCUT2D eigenvalue weighted by Crippen LogP contribution is 2.25. The number of benzene rings is 2. The number of nitrogens with two attached hydrogens (primary N) is 1. The summed E-state index contributed by atoms with van der Waals surface area (Å²) in [6.07, 6.45) is 3.12. The van der Waals surface area contributed by atoms with Crippen molar-refractivity contribution in [3.05, 3.63) is 64.7 Å². The molecule has 1 atom stereocenters. The zero-order valence-electron chi connectivity index (χ0n) is 14.8. The number of anilines is 1. The molecule has 0 aliphatic carbocycles. The van der Waals surface area contributed by atoms with Gasteiger partial charge in [-0.15, -0.1) is 17.5 Å². The molecule has 7 heteroatoms. The van der Waals surface area contributed by atoms with Crippen molar-refractivity contribution >= 4 is 29.0 Å². The average Bonchev–Trinajstić information content (AvgIpc) is 2.88. The van der Waals surface area contributed by atoms with E-state index in [-0.39, 0.29) is 29.8 Å². The van der Waals surface area contributed by atoms with Gasteiger partial charge in [-0.1, -0.05) is 24.6 Å². The molecule has 0 unspecified atom stereocenters. The largest absolute Gasteiger partial charge is 0.353 e. The normalized spacial score (nSPS) is 17.4. The minimum Gasteiger partial charge on any atom is -0.353 e. The molecule has 5 nitrogen and oxygen atoms in total. The Bertz CT molecular complexity index is 989. The van der Waals surface area contributed by atoms with Gasteiger partial charge in [-0.05, 0) is 43.2 Å². The zero-order chi connectivity index (χ0) is 18.1. The van der Waals surface area contributed by atoms with Gasteiger partial charge in [0.25, 0.3) is 5.56 Å². The van der Waals surface area contributed by atoms with E-state index < -0.39 is 0 Å². The standard InChI is InChI=1S/C20H21FN4O.ClH/c21-14-8-10-16(11-9-14)25-20(26)18-7-2-1-6-17(18)19(23-25)24-12-4-3-5-15(22)13-24;/h1-2,6-11,15H,3-5,12-13,22H2;1H/t15-;/m1./s1. The Labute approximate surface area is 163 Å². The van der Waals surface area contributed by atoms with Crippen molar-refractivity contribution in [3.8, 4) is 5.69 Å². The molecule has 142 valence electrons. The molecular formula is C20H22ClFN4O. The third kappa shape index (κ3) is 3.82. The van der Waals surface area contributed by atoms with Gasteiger partial charge in [0, 0.05) is 24.5 Å². The van der Waals surface area contributed by atoms with Gasteiger partial charge in [0.05, 0.1) is 11.1 Å². The molecule has 3 aromatic rings. The molecule has 2 aromatic carbocycles. The van der Waals surface area contributed by atoms with Crippen molar-refractivity contribution in [3.63, 3.8) is 0 Å². The van der Waals surface area contributed by atoms with E-state index in [9.17, 15) is 9.18 Å². The lowest BCUT2D eigenvalue weighted by atomic mass is 10.1. The molecule has 1 aliphatic rings. The Morgan fingerprint density at radius 3 is 2.48 bits per heavy atom. The van der Waals surface area contributed by atoms with Crippen LogP contribution in [0.3, 0.4) is 0 Å². The Hall–Kier alpha value is -2.44. The number of hydrogen-bond donors (Lipinski definition) is 1. The minimum atomic E-state index is -0.346. The molecular weight excluding hydrogens is 367 g/mol. The second kappa shape index (κ2) is 8.06. The van der Waals surface area contributed by atoms with Gasteiger partial charge in [0.2, 0.25) is 0 Å². The average molecular weight is 389 g/mol. The van der Waals surface area contributed by atoms with Crippen LogP contribution in [-0.2, 0) is 0 Å². The third-order valence-electron chi connectivity index (χ3n) is 4.86. The highest BCUT2D eigenvalue weighted by molar-refractivity contribution is 5.91. The third-order valence-corrected chi connectivity index (χ3v) is 4.86. The van der Waals surface area contributed by atoms with E-state index in [1.54, 1.807) is 18.2 Å². The lowest BCUT2D eigenvalue weighted by Crippen LogP contribution is -2.37. The molecule has 1 aliphatic heterocycles. The summed E-state index contributed by atoms with van der Waals surface area (Å²) in [6.45, 7) is 1.56. The van der Waals surface area contributed by atoms with E-state index in [1.807, 2.05) is 18.2 Å². The molecule has 0 saturated carbocycles. The van der Waals surface area contributed by atoms with Crippen LogP contribution in [-0.4, -0.2) is 28.9 Å². The van der Waals surface area contributed by atoms with Crippen LogP contribution >= 0.6 is 12.4 Å². The summed E-state index contributed by atoms with van der Waals surface area (Å²) < 4.78 is 14.6. The summed E-state index contributed by atoms with van der Waals surface area (Å²) in [4.78, 5) is 15.1. The molecule has 1 saturated heterocycles. The second-order valence-electron chi connectivity index (χ2n) is 6.76. The maximum absolute atomic E-state index is 13.3. The molecule has 27 heavy (non-hydrogen) atoms. The fourth-order valence-corrected chi connectivity index (χ4v) is 3.53. The topological polar surface area (TPSA) is 64.2 Å². The first kappa shape index (κ1) is 19.3. The van der Waals surface area contributed by atoms with Crippen LogP contribution in [0, 0.1) is 5.82 Å². The van der Waals surface area contributed by atoms with Gasteiger partial charge in [0.1, 0.15) is 5.82 Å². The van der Waals surface area contributed by atoms with Crippen molar-refractivity contribution in [2.24, 2.45) is 5.73 Å². The van der Waals surface area contributed by atoms with E-state index in [0.29, 0.717) is 17.6 Å². The number of nitrogens with zero attached hydrogens (tertiary/aromatic N) is 3. The predicted octanol–water partition coefficient (Wildman–Crippen LogP) is 3.26. The summed E-state index contributed by atoms with van der Waals surface area (Å²) in [7, 11) is 0. The first-order valence-corrected chi connectivity index (χ1v) is 8.92. The molecule has 0 spiro atoms. The molecule has 1 aromatic heterocycles. The summed E-state index contributed by atoms with van der Waals surface area (Å²) in [5.74, 6) is 0.406. The van der Waals surface area contributed by atoms with Crippen LogP contribution in [0.15, 0.2) is 53.3 Å². The van der Waals surface area contributed by atoms with Crippen LogP contribution in [0.5, 0.6) is 0 Å². The van der Waals surface area contributed by atoms with Gasteiger partial charge in [0.15, 0.2) is 5.82 Å². The number of hydrogen-bond acceptors (Lipinski definition) is 4. The highest BCUT2D eigenvalue weighted by Gasteiger charge is 2.21. The van der Waals surface area contributed by atoms with E-state index in [0.717, 1.165) is 37.0 Å². The fourth-order valence-electron chi connectivity index (χ4n) is 3.53. The lowest BCUT2D eigenvalue weighted by Gasteiger charge is -2.25. The lowest BCUT2D eigenvalue weighted by molar-refractivity contribution is 0.618. The maximum atomic E-state index is 13.3. The Morgan fingerprint density at radius 2 is 1.74 bits per heavy atom. The second-order valence-corrected chi connectivity index (χ2v) is 6.76. The maximum Gasteiger partial charge on any atom is 0.279 e. The molecule has 2 heterocycles. The zero-order valence-corrected chi connectivity index (χ0v) is 15.7. The number of halogens is 2. The molecule has 0 radical (unpaired) electrons. The van der Waals surface area contributed by atoms with E-state index in [2.05, 4.69) is 10.00 Å². The Kier molecular flexibility index (Phi) is 5.77. The quantitative estimate of drug-likeness (QED) is 0.731. The van der Waals surface area contributed by atoms with Crippen LogP contribution < -0.4 is 16.2 Å². The summed E-state index contributed by atoms with van der Waals surface area (Å²) in [5.41, 5.74) is 6.55. The van der Waals surface area contributed by atoms with Crippen molar-refractivity contribution < 1.29 is 4.39 Å². The van der Waals surface area contributed by atoms with Gasteiger partial charge >= 0.3 is 0 Å². The van der Waals surface area contributed by atoms with Crippen molar-refractivity contribution in [1.29, 1.82) is 0 Å². The van der Waals surface area contributed by atoms with Gasteiger partial charge < -0.3 is 10.6 Å². The van der Waals surface area contributed by atoms with Crippen molar-refractivity contribution in [2.45, 2.75) is 25.3 Å². The summed E-state index contributed by atoms with van der Waals surface area (Å²) in [5, 5.41) is 6.07. The van der Waals surface area contributed by atoms with Gasteiger partial charge in [-0.25, -0.2) is 4.39 Å². The van der Waals surface area contributed by atoms with E-state index >= 15 is 0 Å². The predicted molar refractivity (Wildman–Crippen MR) is 109 cm³/mol. The Morgan fingerprint density at radius 1 is 1.04 bits per heavy atom. The summed E-state index contributed by atoms with van der Waals surface area (Å²) in [6, 6.07) is 13.4. The Balaban J connectivity index is 0.00000210. The van der Waals surface area contributed by atoms with Crippen LogP contribution in [0.2, 0.25) is 0 Å². The highest BCUT2D eigenvalue weighted by atomic mass is 35.5. The fraction of sp³-hybridized carbons (Fsp3) is 0.300. The SMILES string of the molecule is Cl.N[C@@H]1CCCCN(c2nn(-c3ccc(F)cc3)c(=O)c3ccccc23)C1. The molecule has 2 N–H and O–H groups in total. The number of aromatic nitrogens is 2. The minimum absolute atomic E-state index is 0. The van der Waals surface area contributed by atoms with Crippen LogP contribution in [0.1, 0.15) is 19.3 Å². The smallest absolute Gasteiger partial charge is 0.279 e. The monoisotopic (exact) mass is 388 g/mol. The van der Waals surface area contributed by atoms with E-state index in [4.69, 9.17) is 5.73 Å².